The van der Waals surface area contributed by atoms with Gasteiger partial charge in [0.15, 0.2) is 0 Å². The predicted molar refractivity (Wildman–Crippen MR) is 191 cm³/mol. The standard InChI is InChI=1S/C37H40IN3O4S/c1-28-17-19-30(20-18-28)26-40(35(25-29-11-5-2-6-12-29)37(43)39-32-13-7-3-8-14-32)36(42)27-41(33-23-21-31(38)22-24-33)46(44,45)34-15-9-4-10-16-34/h2,4-6,9-12,15-24,32,35H,3,7-8,13-14,25-27H2,1H3,(H,39,43)/t35-/m0/s1. The van der Waals surface area contributed by atoms with Crippen LogP contribution >= 0.6 is 22.6 Å². The number of nitrogens with zero attached hydrogens (tertiary/aromatic N) is 2. The summed E-state index contributed by atoms with van der Waals surface area (Å²) in [5.74, 6) is -0.679. The fraction of sp³-hybridized carbons (Fsp3) is 0.297. The number of nitrogens with one attached hydrogen (secondary N) is 1. The summed E-state index contributed by atoms with van der Waals surface area (Å²) in [7, 11) is -4.12. The number of sulfonamides is 1. The molecule has 4 aromatic carbocycles. The second kappa shape index (κ2) is 15.7. The van der Waals surface area contributed by atoms with Crippen LogP contribution in [-0.4, -0.2) is 43.8 Å². The number of hydrogen-bond acceptors (Lipinski definition) is 4. The number of carbonyl (C=O) groups excluding carboxylic acids is 2. The fourth-order valence-electron chi connectivity index (χ4n) is 5.84. The summed E-state index contributed by atoms with van der Waals surface area (Å²) in [6.07, 6.45) is 5.39. The van der Waals surface area contributed by atoms with Crippen molar-refractivity contribution in [1.82, 2.24) is 10.2 Å². The molecule has 0 heterocycles. The predicted octanol–water partition coefficient (Wildman–Crippen LogP) is 6.88. The van der Waals surface area contributed by atoms with Gasteiger partial charge in [-0.05, 0) is 89.9 Å². The molecule has 1 aliphatic rings. The van der Waals surface area contributed by atoms with Crippen molar-refractivity contribution in [1.29, 1.82) is 0 Å². The van der Waals surface area contributed by atoms with Crippen molar-refractivity contribution >= 4 is 50.1 Å². The molecule has 0 spiro atoms. The first-order chi connectivity index (χ1) is 22.2. The molecule has 1 fully saturated rings. The number of rotatable bonds is 12. The van der Waals surface area contributed by atoms with Crippen molar-refractivity contribution in [3.05, 3.63) is 129 Å². The molecule has 2 amide bonds. The van der Waals surface area contributed by atoms with Gasteiger partial charge in [0, 0.05) is 22.6 Å². The molecule has 0 saturated heterocycles. The largest absolute Gasteiger partial charge is 0.352 e. The highest BCUT2D eigenvalue weighted by Crippen LogP contribution is 2.26. The van der Waals surface area contributed by atoms with Gasteiger partial charge in [-0.1, -0.05) is 97.6 Å². The van der Waals surface area contributed by atoms with Gasteiger partial charge >= 0.3 is 0 Å². The lowest BCUT2D eigenvalue weighted by Gasteiger charge is -2.35. The SMILES string of the molecule is Cc1ccc(CN(C(=O)CN(c2ccc(I)cc2)S(=O)(=O)c2ccccc2)[C@@H](Cc2ccccc2)C(=O)NC2CCCCC2)cc1. The lowest BCUT2D eigenvalue weighted by Crippen LogP contribution is -2.55. The minimum absolute atomic E-state index is 0.0533. The first-order valence-corrected chi connectivity index (χ1v) is 18.3. The van der Waals surface area contributed by atoms with Gasteiger partial charge in [-0.25, -0.2) is 8.42 Å². The van der Waals surface area contributed by atoms with E-state index in [2.05, 4.69) is 27.9 Å². The topological polar surface area (TPSA) is 86.8 Å². The van der Waals surface area contributed by atoms with E-state index in [9.17, 15) is 18.0 Å². The highest BCUT2D eigenvalue weighted by molar-refractivity contribution is 14.1. The van der Waals surface area contributed by atoms with Crippen molar-refractivity contribution in [3.8, 4) is 0 Å². The van der Waals surface area contributed by atoms with E-state index in [1.54, 1.807) is 35.2 Å². The average molecular weight is 750 g/mol. The normalized spacial score (nSPS) is 14.3. The van der Waals surface area contributed by atoms with Crippen LogP contribution in [-0.2, 0) is 32.6 Å². The molecular weight excluding hydrogens is 709 g/mol. The van der Waals surface area contributed by atoms with Gasteiger partial charge < -0.3 is 10.2 Å². The Morgan fingerprint density at radius 1 is 0.804 bits per heavy atom. The summed E-state index contributed by atoms with van der Waals surface area (Å²) in [6, 6.07) is 31.9. The van der Waals surface area contributed by atoms with E-state index in [0.717, 1.165) is 56.7 Å². The highest BCUT2D eigenvalue weighted by atomic mass is 127. The summed E-state index contributed by atoms with van der Waals surface area (Å²) in [5.41, 5.74) is 3.23. The van der Waals surface area contributed by atoms with Crippen LogP contribution in [0.15, 0.2) is 114 Å². The van der Waals surface area contributed by atoms with Crippen molar-refractivity contribution in [3.63, 3.8) is 0 Å². The van der Waals surface area contributed by atoms with Crippen molar-refractivity contribution in [2.24, 2.45) is 0 Å². The monoisotopic (exact) mass is 749 g/mol. The lowest BCUT2D eigenvalue weighted by molar-refractivity contribution is -0.140. The molecule has 1 aliphatic carbocycles. The molecule has 0 aliphatic heterocycles. The van der Waals surface area contributed by atoms with Gasteiger partial charge in [-0.3, -0.25) is 13.9 Å². The Bertz CT molecular complexity index is 1690. The van der Waals surface area contributed by atoms with Crippen LogP contribution in [0.2, 0.25) is 0 Å². The van der Waals surface area contributed by atoms with E-state index in [1.165, 1.54) is 12.1 Å². The Morgan fingerprint density at radius 3 is 2.04 bits per heavy atom. The lowest BCUT2D eigenvalue weighted by atomic mass is 9.94. The molecule has 46 heavy (non-hydrogen) atoms. The summed E-state index contributed by atoms with van der Waals surface area (Å²) in [5, 5.41) is 3.25. The Labute approximate surface area is 286 Å². The molecule has 0 aromatic heterocycles. The van der Waals surface area contributed by atoms with Gasteiger partial charge in [0.25, 0.3) is 10.0 Å². The Balaban J connectivity index is 1.55. The second-order valence-electron chi connectivity index (χ2n) is 11.9. The van der Waals surface area contributed by atoms with Gasteiger partial charge in [0.05, 0.1) is 10.6 Å². The molecule has 1 saturated carbocycles. The van der Waals surface area contributed by atoms with Gasteiger partial charge in [-0.2, -0.15) is 0 Å². The van der Waals surface area contributed by atoms with Crippen LogP contribution in [0.25, 0.3) is 0 Å². The zero-order valence-electron chi connectivity index (χ0n) is 26.0. The highest BCUT2D eigenvalue weighted by Gasteiger charge is 2.35. The molecule has 0 radical (unpaired) electrons. The number of hydrogen-bond donors (Lipinski definition) is 1. The van der Waals surface area contributed by atoms with Gasteiger partial charge in [-0.15, -0.1) is 0 Å². The van der Waals surface area contributed by atoms with Crippen molar-refractivity contribution < 1.29 is 18.0 Å². The number of aryl methyl sites for hydroxylation is 1. The number of halogens is 1. The minimum Gasteiger partial charge on any atom is -0.352 e. The molecule has 1 atom stereocenters. The van der Waals surface area contributed by atoms with E-state index in [4.69, 9.17) is 0 Å². The molecule has 4 aromatic rings. The van der Waals surface area contributed by atoms with E-state index < -0.39 is 28.5 Å². The summed E-state index contributed by atoms with van der Waals surface area (Å²) < 4.78 is 30.3. The third kappa shape index (κ3) is 8.76. The molecule has 9 heteroatoms. The zero-order valence-corrected chi connectivity index (χ0v) is 29.0. The Hall–Kier alpha value is -3.70. The van der Waals surface area contributed by atoms with Crippen LogP contribution < -0.4 is 9.62 Å². The summed E-state index contributed by atoms with van der Waals surface area (Å²) >= 11 is 2.16. The molecule has 7 nitrogen and oxygen atoms in total. The van der Waals surface area contributed by atoms with Gasteiger partial charge in [0.1, 0.15) is 12.6 Å². The fourth-order valence-corrected chi connectivity index (χ4v) is 7.64. The van der Waals surface area contributed by atoms with Crippen molar-refractivity contribution in [2.45, 2.75) is 69.0 Å². The van der Waals surface area contributed by atoms with Gasteiger partial charge in [0.2, 0.25) is 11.8 Å². The van der Waals surface area contributed by atoms with E-state index in [0.29, 0.717) is 12.1 Å². The molecule has 1 N–H and O–H groups in total. The van der Waals surface area contributed by atoms with Crippen LogP contribution in [0.4, 0.5) is 5.69 Å². The van der Waals surface area contributed by atoms with Crippen LogP contribution in [0, 0.1) is 10.5 Å². The van der Waals surface area contributed by atoms with Crippen LogP contribution in [0.1, 0.15) is 48.8 Å². The minimum atomic E-state index is -4.12. The Kier molecular flexibility index (Phi) is 11.5. The van der Waals surface area contributed by atoms with E-state index in [-0.39, 0.29) is 23.4 Å². The zero-order chi connectivity index (χ0) is 32.5. The second-order valence-corrected chi connectivity index (χ2v) is 15.0. The molecule has 0 unspecified atom stereocenters. The van der Waals surface area contributed by atoms with Crippen LogP contribution in [0.3, 0.4) is 0 Å². The smallest absolute Gasteiger partial charge is 0.264 e. The number of benzene rings is 4. The maximum Gasteiger partial charge on any atom is 0.264 e. The molecule has 240 valence electrons. The maximum absolute atomic E-state index is 14.6. The first-order valence-electron chi connectivity index (χ1n) is 15.7. The third-order valence-corrected chi connectivity index (χ3v) is 10.9. The quantitative estimate of drug-likeness (QED) is 0.160. The average Bonchev–Trinajstić information content (AvgIpc) is 3.07. The maximum atomic E-state index is 14.6. The number of carbonyl (C=O) groups is 2. The molecule has 5 rings (SSSR count). The van der Waals surface area contributed by atoms with Crippen molar-refractivity contribution in [2.75, 3.05) is 10.8 Å². The first kappa shape index (κ1) is 33.7. The Morgan fingerprint density at radius 2 is 1.41 bits per heavy atom. The number of amides is 2. The third-order valence-electron chi connectivity index (χ3n) is 8.42. The summed E-state index contributed by atoms with van der Waals surface area (Å²) in [4.78, 5) is 30.4. The van der Waals surface area contributed by atoms with E-state index in [1.807, 2.05) is 73.7 Å². The van der Waals surface area contributed by atoms with Crippen LogP contribution in [0.5, 0.6) is 0 Å². The molecular formula is C37H40IN3O4S. The summed E-state index contributed by atoms with van der Waals surface area (Å²) in [6.45, 7) is 1.68. The number of anilines is 1. The molecule has 0 bridgehead atoms. The van der Waals surface area contributed by atoms with E-state index >= 15 is 0 Å².